The standard InChI is InChI=1S/C18H14ClF4N5O5S/c1-26-12(18(21,22)23)6-14(30)28(17(26)32)10-4-9(7(19)3-8(10)20)24-16-27(2)15(31)11(34-16)5-13(29)25-33/h3-4,6,11,33H,5H2,1-2H3,(H,25,29). The quantitative estimate of drug-likeness (QED) is 0.358. The summed E-state index contributed by atoms with van der Waals surface area (Å²) in [5.74, 6) is -2.53. The maximum atomic E-state index is 14.6. The van der Waals surface area contributed by atoms with E-state index < -0.39 is 51.7 Å². The van der Waals surface area contributed by atoms with Gasteiger partial charge >= 0.3 is 11.9 Å². The summed E-state index contributed by atoms with van der Waals surface area (Å²) in [4.78, 5) is 53.7. The number of benzene rings is 1. The highest BCUT2D eigenvalue weighted by Crippen LogP contribution is 2.35. The van der Waals surface area contributed by atoms with E-state index in [4.69, 9.17) is 16.8 Å². The van der Waals surface area contributed by atoms with E-state index in [1.807, 2.05) is 0 Å². The van der Waals surface area contributed by atoms with Gasteiger partial charge in [-0.2, -0.15) is 13.2 Å². The van der Waals surface area contributed by atoms with Crippen molar-refractivity contribution < 1.29 is 32.4 Å². The molecule has 0 aliphatic carbocycles. The number of nitrogens with one attached hydrogen (secondary N) is 1. The maximum Gasteiger partial charge on any atom is 0.431 e. The van der Waals surface area contributed by atoms with Crippen molar-refractivity contribution in [1.29, 1.82) is 0 Å². The molecule has 0 saturated carbocycles. The Morgan fingerprint density at radius 2 is 1.88 bits per heavy atom. The van der Waals surface area contributed by atoms with E-state index in [1.54, 1.807) is 0 Å². The van der Waals surface area contributed by atoms with Crippen LogP contribution in [-0.2, 0) is 22.8 Å². The number of amidine groups is 1. The van der Waals surface area contributed by atoms with Gasteiger partial charge in [0.2, 0.25) is 11.8 Å². The van der Waals surface area contributed by atoms with Crippen molar-refractivity contribution in [1.82, 2.24) is 19.5 Å². The van der Waals surface area contributed by atoms with E-state index in [-0.39, 0.29) is 37.5 Å². The number of alkyl halides is 3. The van der Waals surface area contributed by atoms with E-state index in [9.17, 15) is 36.7 Å². The first-order chi connectivity index (χ1) is 15.8. The molecule has 2 heterocycles. The molecule has 10 nitrogen and oxygen atoms in total. The molecule has 1 saturated heterocycles. The minimum Gasteiger partial charge on any atom is -0.293 e. The number of nitrogens with zero attached hydrogens (tertiary/aromatic N) is 4. The summed E-state index contributed by atoms with van der Waals surface area (Å²) >= 11 is 6.85. The van der Waals surface area contributed by atoms with E-state index in [1.165, 1.54) is 12.5 Å². The lowest BCUT2D eigenvalue weighted by Gasteiger charge is -2.15. The minimum atomic E-state index is -5.00. The van der Waals surface area contributed by atoms with Crippen LogP contribution in [-0.4, -0.2) is 48.5 Å². The molecule has 2 N–H and O–H groups in total. The lowest BCUT2D eigenvalue weighted by molar-refractivity contribution is -0.144. The van der Waals surface area contributed by atoms with Crippen LogP contribution in [0.15, 0.2) is 32.8 Å². The van der Waals surface area contributed by atoms with Gasteiger partial charge in [0.05, 0.1) is 16.4 Å². The highest BCUT2D eigenvalue weighted by atomic mass is 35.5. The molecule has 182 valence electrons. The minimum absolute atomic E-state index is 0.0212. The molecule has 0 spiro atoms. The van der Waals surface area contributed by atoms with Gasteiger partial charge in [0.1, 0.15) is 16.8 Å². The van der Waals surface area contributed by atoms with Crippen molar-refractivity contribution in [3.05, 3.63) is 55.6 Å². The number of halogens is 5. The molecular weight excluding hydrogens is 510 g/mol. The predicted molar refractivity (Wildman–Crippen MR) is 113 cm³/mol. The molecule has 1 fully saturated rings. The van der Waals surface area contributed by atoms with Crippen LogP contribution in [0.1, 0.15) is 12.1 Å². The summed E-state index contributed by atoms with van der Waals surface area (Å²) in [5, 5.41) is 7.44. The first-order valence-corrected chi connectivity index (χ1v) is 10.4. The average molecular weight is 524 g/mol. The fourth-order valence-electron chi connectivity index (χ4n) is 3.02. The van der Waals surface area contributed by atoms with Gasteiger partial charge in [-0.25, -0.2) is 24.2 Å². The van der Waals surface area contributed by atoms with Gasteiger partial charge in [0, 0.05) is 26.6 Å². The van der Waals surface area contributed by atoms with Gasteiger partial charge in [0.15, 0.2) is 5.17 Å². The SMILES string of the molecule is CN1C(=O)C(CC(=O)NO)SC1=Nc1cc(-n2c(=O)cc(C(F)(F)F)n(C)c2=O)c(F)cc1Cl. The summed E-state index contributed by atoms with van der Waals surface area (Å²) in [6, 6.07) is 1.72. The van der Waals surface area contributed by atoms with Gasteiger partial charge in [-0.05, 0) is 12.1 Å². The van der Waals surface area contributed by atoms with Gasteiger partial charge in [0.25, 0.3) is 5.56 Å². The average Bonchev–Trinajstić information content (AvgIpc) is 3.00. The normalized spacial score (nSPS) is 17.5. The molecule has 1 aromatic heterocycles. The van der Waals surface area contributed by atoms with Crippen LogP contribution in [0.4, 0.5) is 23.2 Å². The first-order valence-electron chi connectivity index (χ1n) is 9.11. The molecule has 16 heteroatoms. The van der Waals surface area contributed by atoms with Crippen molar-refractivity contribution in [2.75, 3.05) is 7.05 Å². The number of aliphatic imine (C=N–C) groups is 1. The van der Waals surface area contributed by atoms with Gasteiger partial charge in [-0.15, -0.1) is 0 Å². The summed E-state index contributed by atoms with van der Waals surface area (Å²) in [6.45, 7) is 0. The second-order valence-corrected chi connectivity index (χ2v) is 8.51. The Morgan fingerprint density at radius 1 is 1.24 bits per heavy atom. The second-order valence-electron chi connectivity index (χ2n) is 6.93. The summed E-state index contributed by atoms with van der Waals surface area (Å²) in [6.07, 6.45) is -5.37. The first kappa shape index (κ1) is 25.5. The largest absolute Gasteiger partial charge is 0.431 e. The number of rotatable bonds is 4. The molecule has 1 atom stereocenters. The Bertz CT molecular complexity index is 1340. The van der Waals surface area contributed by atoms with Crippen LogP contribution in [0.2, 0.25) is 5.02 Å². The topological polar surface area (TPSA) is 126 Å². The summed E-state index contributed by atoms with van der Waals surface area (Å²) in [5.41, 5.74) is -3.94. The molecule has 2 amide bonds. The number of hydrogen-bond acceptors (Lipinski definition) is 7. The number of thioether (sulfide) groups is 1. The van der Waals surface area contributed by atoms with Crippen LogP contribution < -0.4 is 16.7 Å². The number of hydrogen-bond donors (Lipinski definition) is 2. The highest BCUT2D eigenvalue weighted by Gasteiger charge is 2.37. The fraction of sp³-hybridized carbons (Fsp3) is 0.278. The summed E-state index contributed by atoms with van der Waals surface area (Å²) < 4.78 is 54.2. The van der Waals surface area contributed by atoms with Crippen molar-refractivity contribution in [2.45, 2.75) is 17.8 Å². The third-order valence-corrected chi connectivity index (χ3v) is 6.25. The van der Waals surface area contributed by atoms with Crippen molar-refractivity contribution in [2.24, 2.45) is 12.0 Å². The molecule has 3 rings (SSSR count). The lowest BCUT2D eigenvalue weighted by Crippen LogP contribution is -2.41. The Balaban J connectivity index is 2.11. The fourth-order valence-corrected chi connectivity index (χ4v) is 4.36. The smallest absolute Gasteiger partial charge is 0.293 e. The molecule has 1 unspecified atom stereocenters. The Labute approximate surface area is 196 Å². The Kier molecular flexibility index (Phi) is 6.91. The molecular formula is C18H14ClF4N5O5S. The summed E-state index contributed by atoms with van der Waals surface area (Å²) in [7, 11) is 2.11. The number of hydroxylamine groups is 1. The number of aromatic nitrogens is 2. The van der Waals surface area contributed by atoms with E-state index in [0.717, 1.165) is 29.8 Å². The monoisotopic (exact) mass is 523 g/mol. The van der Waals surface area contributed by atoms with Crippen LogP contribution in [0, 0.1) is 5.82 Å². The molecule has 0 bridgehead atoms. The van der Waals surface area contributed by atoms with Crippen LogP contribution in [0.3, 0.4) is 0 Å². The number of amides is 2. The van der Waals surface area contributed by atoms with Crippen molar-refractivity contribution in [3.63, 3.8) is 0 Å². The lowest BCUT2D eigenvalue weighted by atomic mass is 10.2. The van der Waals surface area contributed by atoms with Crippen molar-refractivity contribution in [3.8, 4) is 5.69 Å². The molecule has 34 heavy (non-hydrogen) atoms. The van der Waals surface area contributed by atoms with Crippen molar-refractivity contribution >= 4 is 46.0 Å². The van der Waals surface area contributed by atoms with Crippen LogP contribution >= 0.6 is 23.4 Å². The molecule has 0 radical (unpaired) electrons. The van der Waals surface area contributed by atoms with E-state index in [2.05, 4.69) is 4.99 Å². The second kappa shape index (κ2) is 9.23. The molecule has 1 aliphatic heterocycles. The van der Waals surface area contributed by atoms with E-state index in [0.29, 0.717) is 6.07 Å². The zero-order valence-electron chi connectivity index (χ0n) is 17.2. The predicted octanol–water partition coefficient (Wildman–Crippen LogP) is 1.80. The van der Waals surface area contributed by atoms with Crippen LogP contribution in [0.25, 0.3) is 5.69 Å². The molecule has 1 aromatic carbocycles. The van der Waals surface area contributed by atoms with Gasteiger partial charge in [-0.1, -0.05) is 23.4 Å². The zero-order valence-corrected chi connectivity index (χ0v) is 18.8. The Hall–Kier alpha value is -3.17. The van der Waals surface area contributed by atoms with Gasteiger partial charge in [-0.3, -0.25) is 29.1 Å². The van der Waals surface area contributed by atoms with Crippen LogP contribution in [0.5, 0.6) is 0 Å². The molecule has 2 aromatic rings. The molecule has 1 aliphatic rings. The maximum absolute atomic E-state index is 14.6. The number of carbonyl (C=O) groups excluding carboxylic acids is 2. The van der Waals surface area contributed by atoms with Gasteiger partial charge < -0.3 is 0 Å². The zero-order chi connectivity index (χ0) is 25.5. The highest BCUT2D eigenvalue weighted by molar-refractivity contribution is 8.15. The number of carbonyl (C=O) groups is 2. The third-order valence-electron chi connectivity index (χ3n) is 4.72. The Morgan fingerprint density at radius 3 is 2.47 bits per heavy atom. The van der Waals surface area contributed by atoms with E-state index >= 15 is 0 Å². The third kappa shape index (κ3) is 4.71.